The van der Waals surface area contributed by atoms with Gasteiger partial charge in [0.15, 0.2) is 0 Å². The largest absolute Gasteiger partial charge is 0.480 e. The number of hydrogen-bond acceptors (Lipinski definition) is 2. The average Bonchev–Trinajstić information content (AvgIpc) is 2.29. The van der Waals surface area contributed by atoms with Crippen LogP contribution < -0.4 is 4.90 Å². The molecule has 1 rings (SSSR count). The van der Waals surface area contributed by atoms with Gasteiger partial charge >= 0.3 is 5.97 Å². The fourth-order valence-corrected chi connectivity index (χ4v) is 1.94. The van der Waals surface area contributed by atoms with Gasteiger partial charge in [-0.2, -0.15) is 0 Å². The van der Waals surface area contributed by atoms with Gasteiger partial charge in [0.25, 0.3) is 0 Å². The molecule has 0 bridgehead atoms. The summed E-state index contributed by atoms with van der Waals surface area (Å²) in [5, 5.41) is 9.16. The molecule has 1 aromatic rings. The number of nitrogens with zero attached hydrogens (tertiary/aromatic N) is 1. The van der Waals surface area contributed by atoms with Crippen molar-refractivity contribution < 1.29 is 9.90 Å². The topological polar surface area (TPSA) is 40.5 Å². The normalized spacial score (nSPS) is 12.2. The SMILES string of the molecule is CCCN(c1cccc(C)c1C)C(C)C(=O)O. The molecule has 0 amide bonds. The minimum absolute atomic E-state index is 0.490. The molecule has 0 aliphatic rings. The average molecular weight is 235 g/mol. The van der Waals surface area contributed by atoms with Crippen molar-refractivity contribution in [3.05, 3.63) is 29.3 Å². The van der Waals surface area contributed by atoms with Gasteiger partial charge in [-0.05, 0) is 44.4 Å². The fraction of sp³-hybridized carbons (Fsp3) is 0.500. The van der Waals surface area contributed by atoms with E-state index in [1.165, 1.54) is 5.56 Å². The highest BCUT2D eigenvalue weighted by Gasteiger charge is 2.21. The Balaban J connectivity index is 3.13. The van der Waals surface area contributed by atoms with E-state index < -0.39 is 12.0 Å². The summed E-state index contributed by atoms with van der Waals surface area (Å²) in [7, 11) is 0. The van der Waals surface area contributed by atoms with Crippen LogP contribution in [0, 0.1) is 13.8 Å². The number of aliphatic carboxylic acids is 1. The summed E-state index contributed by atoms with van der Waals surface area (Å²) in [5.74, 6) is -0.778. The summed E-state index contributed by atoms with van der Waals surface area (Å²) in [6, 6.07) is 5.54. The smallest absolute Gasteiger partial charge is 0.326 e. The van der Waals surface area contributed by atoms with Crippen molar-refractivity contribution in [2.75, 3.05) is 11.4 Å². The van der Waals surface area contributed by atoms with Crippen molar-refractivity contribution in [1.82, 2.24) is 0 Å². The third kappa shape index (κ3) is 2.99. The molecule has 0 saturated heterocycles. The van der Waals surface area contributed by atoms with Crippen LogP contribution in [-0.2, 0) is 4.79 Å². The molecule has 0 fully saturated rings. The molecule has 0 aliphatic carbocycles. The molecule has 0 spiro atoms. The summed E-state index contributed by atoms with van der Waals surface area (Å²) >= 11 is 0. The van der Waals surface area contributed by atoms with Crippen LogP contribution in [0.15, 0.2) is 18.2 Å². The van der Waals surface area contributed by atoms with Crippen LogP contribution in [0.5, 0.6) is 0 Å². The van der Waals surface area contributed by atoms with Gasteiger partial charge < -0.3 is 10.0 Å². The quantitative estimate of drug-likeness (QED) is 0.853. The molecule has 0 heterocycles. The van der Waals surface area contributed by atoms with Crippen molar-refractivity contribution >= 4 is 11.7 Å². The van der Waals surface area contributed by atoms with Gasteiger partial charge in [0, 0.05) is 12.2 Å². The predicted molar refractivity (Wildman–Crippen MR) is 70.7 cm³/mol. The minimum Gasteiger partial charge on any atom is -0.480 e. The first-order chi connectivity index (χ1) is 7.99. The van der Waals surface area contributed by atoms with Gasteiger partial charge in [-0.15, -0.1) is 0 Å². The highest BCUT2D eigenvalue weighted by atomic mass is 16.4. The van der Waals surface area contributed by atoms with E-state index in [9.17, 15) is 4.79 Å². The van der Waals surface area contributed by atoms with Crippen molar-refractivity contribution in [3.8, 4) is 0 Å². The van der Waals surface area contributed by atoms with E-state index in [0.29, 0.717) is 0 Å². The Morgan fingerprint density at radius 1 is 1.41 bits per heavy atom. The van der Waals surface area contributed by atoms with Gasteiger partial charge in [0.2, 0.25) is 0 Å². The lowest BCUT2D eigenvalue weighted by Gasteiger charge is -2.30. The standard InChI is InChI=1S/C14H21NO2/c1-5-9-15(12(4)14(16)17)13-8-6-7-10(2)11(13)3/h6-8,12H,5,9H2,1-4H3,(H,16,17). The maximum absolute atomic E-state index is 11.1. The molecule has 17 heavy (non-hydrogen) atoms. The summed E-state index contributed by atoms with van der Waals surface area (Å²) in [6.45, 7) is 8.65. The van der Waals surface area contributed by atoms with Crippen molar-refractivity contribution in [1.29, 1.82) is 0 Å². The second-order valence-corrected chi connectivity index (χ2v) is 4.43. The van der Waals surface area contributed by atoms with Gasteiger partial charge in [0.1, 0.15) is 6.04 Å². The van der Waals surface area contributed by atoms with Crippen molar-refractivity contribution in [2.24, 2.45) is 0 Å². The van der Waals surface area contributed by atoms with E-state index in [1.807, 2.05) is 36.9 Å². The summed E-state index contributed by atoms with van der Waals surface area (Å²) < 4.78 is 0. The predicted octanol–water partition coefficient (Wildman–Crippen LogP) is 2.99. The highest BCUT2D eigenvalue weighted by Crippen LogP contribution is 2.24. The van der Waals surface area contributed by atoms with Crippen LogP contribution in [-0.4, -0.2) is 23.7 Å². The molecule has 3 heteroatoms. The monoisotopic (exact) mass is 235 g/mol. The lowest BCUT2D eigenvalue weighted by Crippen LogP contribution is -2.40. The summed E-state index contributed by atoms with van der Waals surface area (Å²) in [5.41, 5.74) is 3.39. The number of hydrogen-bond donors (Lipinski definition) is 1. The Bertz CT molecular complexity index is 401. The number of carboxylic acids is 1. The highest BCUT2D eigenvalue weighted by molar-refractivity contribution is 5.78. The number of benzene rings is 1. The van der Waals surface area contributed by atoms with Crippen LogP contribution in [0.4, 0.5) is 5.69 Å². The number of carboxylic acid groups (broad SMARTS) is 1. The fourth-order valence-electron chi connectivity index (χ4n) is 1.94. The minimum atomic E-state index is -0.778. The molecular weight excluding hydrogens is 214 g/mol. The van der Waals surface area contributed by atoms with E-state index >= 15 is 0 Å². The molecule has 0 saturated carbocycles. The van der Waals surface area contributed by atoms with Crippen LogP contribution in [0.1, 0.15) is 31.4 Å². The van der Waals surface area contributed by atoms with E-state index in [1.54, 1.807) is 6.92 Å². The molecule has 0 radical (unpaired) electrons. The van der Waals surface area contributed by atoms with Gasteiger partial charge in [-0.25, -0.2) is 4.79 Å². The van der Waals surface area contributed by atoms with E-state index in [-0.39, 0.29) is 0 Å². The number of anilines is 1. The number of rotatable bonds is 5. The molecular formula is C14H21NO2. The molecule has 1 aromatic carbocycles. The second kappa shape index (κ2) is 5.71. The van der Waals surface area contributed by atoms with Gasteiger partial charge in [-0.3, -0.25) is 0 Å². The van der Waals surface area contributed by atoms with Crippen LogP contribution in [0.3, 0.4) is 0 Å². The second-order valence-electron chi connectivity index (χ2n) is 4.43. The van der Waals surface area contributed by atoms with Crippen LogP contribution >= 0.6 is 0 Å². The lowest BCUT2D eigenvalue weighted by atomic mass is 10.1. The Morgan fingerprint density at radius 2 is 2.06 bits per heavy atom. The summed E-state index contributed by atoms with van der Waals surface area (Å²) in [4.78, 5) is 13.1. The van der Waals surface area contributed by atoms with Crippen LogP contribution in [0.25, 0.3) is 0 Å². The molecule has 1 N–H and O–H groups in total. The third-order valence-electron chi connectivity index (χ3n) is 3.17. The van der Waals surface area contributed by atoms with Gasteiger partial charge in [-0.1, -0.05) is 19.1 Å². The van der Waals surface area contributed by atoms with Crippen molar-refractivity contribution in [2.45, 2.75) is 40.2 Å². The third-order valence-corrected chi connectivity index (χ3v) is 3.17. The molecule has 1 atom stereocenters. The summed E-state index contributed by atoms with van der Waals surface area (Å²) in [6.07, 6.45) is 0.936. The Morgan fingerprint density at radius 3 is 2.59 bits per heavy atom. The number of carbonyl (C=O) groups is 1. The molecule has 94 valence electrons. The maximum Gasteiger partial charge on any atom is 0.326 e. The lowest BCUT2D eigenvalue weighted by molar-refractivity contribution is -0.138. The maximum atomic E-state index is 11.1. The van der Waals surface area contributed by atoms with E-state index in [0.717, 1.165) is 24.2 Å². The molecule has 0 aliphatic heterocycles. The van der Waals surface area contributed by atoms with E-state index in [2.05, 4.69) is 6.92 Å². The Labute approximate surface area is 103 Å². The Kier molecular flexibility index (Phi) is 4.55. The first-order valence-electron chi connectivity index (χ1n) is 6.04. The van der Waals surface area contributed by atoms with E-state index in [4.69, 9.17) is 5.11 Å². The Hall–Kier alpha value is -1.51. The van der Waals surface area contributed by atoms with Crippen molar-refractivity contribution in [3.63, 3.8) is 0 Å². The first kappa shape index (κ1) is 13.6. The zero-order chi connectivity index (χ0) is 13.0. The molecule has 1 unspecified atom stereocenters. The zero-order valence-corrected chi connectivity index (χ0v) is 11.0. The number of aryl methyl sites for hydroxylation is 1. The molecule has 0 aromatic heterocycles. The zero-order valence-electron chi connectivity index (χ0n) is 11.0. The van der Waals surface area contributed by atoms with Gasteiger partial charge in [0.05, 0.1) is 0 Å². The molecule has 3 nitrogen and oxygen atoms in total. The van der Waals surface area contributed by atoms with Crippen LogP contribution in [0.2, 0.25) is 0 Å². The first-order valence-corrected chi connectivity index (χ1v) is 6.04.